The lowest BCUT2D eigenvalue weighted by molar-refractivity contribution is 0.0695. The van der Waals surface area contributed by atoms with Crippen molar-refractivity contribution in [3.63, 3.8) is 0 Å². The molecular weight excluding hydrogens is 372 g/mol. The van der Waals surface area contributed by atoms with Crippen molar-refractivity contribution in [2.75, 3.05) is 0 Å². The molecule has 30 heavy (non-hydrogen) atoms. The number of nitriles is 1. The zero-order valence-electron chi connectivity index (χ0n) is 16.4. The molecule has 0 bridgehead atoms. The van der Waals surface area contributed by atoms with E-state index in [0.717, 1.165) is 46.1 Å². The summed E-state index contributed by atoms with van der Waals surface area (Å²) < 4.78 is 2.09. The number of benzene rings is 3. The zero-order chi connectivity index (χ0) is 20.7. The molecule has 1 saturated carbocycles. The van der Waals surface area contributed by atoms with Crippen LogP contribution in [0.2, 0.25) is 0 Å². The number of carboxylic acids is 1. The number of aromatic nitrogens is 1. The molecule has 0 unspecified atom stereocenters. The van der Waals surface area contributed by atoms with Crippen LogP contribution in [0.15, 0.2) is 72.9 Å². The molecule has 0 saturated heterocycles. The van der Waals surface area contributed by atoms with Crippen molar-refractivity contribution in [2.24, 2.45) is 0 Å². The van der Waals surface area contributed by atoms with Crippen LogP contribution in [0, 0.1) is 11.3 Å². The number of fused-ring (bicyclic) bond motifs is 1. The Morgan fingerprint density at radius 1 is 1.03 bits per heavy atom. The predicted molar refractivity (Wildman–Crippen MR) is 116 cm³/mol. The van der Waals surface area contributed by atoms with Crippen molar-refractivity contribution in [1.29, 1.82) is 5.26 Å². The number of nitrogens with zero attached hydrogens (tertiary/aromatic N) is 2. The molecule has 0 aliphatic heterocycles. The maximum absolute atomic E-state index is 11.8. The van der Waals surface area contributed by atoms with Crippen molar-refractivity contribution in [3.05, 3.63) is 101 Å². The average Bonchev–Trinajstić information content (AvgIpc) is 3.53. The Balaban J connectivity index is 1.46. The minimum atomic E-state index is -0.861. The Morgan fingerprint density at radius 3 is 2.53 bits per heavy atom. The van der Waals surface area contributed by atoms with Crippen LogP contribution >= 0.6 is 0 Å². The number of carboxylic acid groups (broad SMARTS) is 1. The van der Waals surface area contributed by atoms with Gasteiger partial charge in [-0.05, 0) is 90.4 Å². The lowest BCUT2D eigenvalue weighted by atomic mass is 9.96. The summed E-state index contributed by atoms with van der Waals surface area (Å²) in [5, 5.41) is 19.8. The molecule has 0 radical (unpaired) electrons. The number of hydrogen-bond donors (Lipinski definition) is 1. The number of hydrogen-bond acceptors (Lipinski definition) is 2. The first-order valence-electron chi connectivity index (χ1n) is 10.1. The van der Waals surface area contributed by atoms with Crippen LogP contribution in [0.3, 0.4) is 0 Å². The van der Waals surface area contributed by atoms with Gasteiger partial charge in [-0.3, -0.25) is 0 Å². The Bertz CT molecular complexity index is 1310. The van der Waals surface area contributed by atoms with E-state index >= 15 is 0 Å². The highest BCUT2D eigenvalue weighted by molar-refractivity contribution is 5.90. The van der Waals surface area contributed by atoms with Crippen molar-refractivity contribution < 1.29 is 9.90 Å². The van der Waals surface area contributed by atoms with E-state index in [-0.39, 0.29) is 0 Å². The summed E-state index contributed by atoms with van der Waals surface area (Å²) in [5.41, 5.74) is 6.20. The molecule has 4 nitrogen and oxygen atoms in total. The highest BCUT2D eigenvalue weighted by Crippen LogP contribution is 2.40. The minimum Gasteiger partial charge on any atom is -0.478 e. The second kappa shape index (κ2) is 7.20. The van der Waals surface area contributed by atoms with Crippen LogP contribution < -0.4 is 0 Å². The molecule has 5 rings (SSSR count). The van der Waals surface area contributed by atoms with Crippen LogP contribution in [-0.2, 0) is 6.42 Å². The Labute approximate surface area is 174 Å². The van der Waals surface area contributed by atoms with Gasteiger partial charge in [0.05, 0.1) is 22.7 Å². The topological polar surface area (TPSA) is 66.0 Å². The molecule has 1 heterocycles. The normalized spacial score (nSPS) is 13.3. The lowest BCUT2D eigenvalue weighted by Crippen LogP contribution is -2.04. The van der Waals surface area contributed by atoms with Crippen LogP contribution in [0.1, 0.15) is 51.4 Å². The Morgan fingerprint density at radius 2 is 1.83 bits per heavy atom. The molecule has 1 aliphatic carbocycles. The molecule has 146 valence electrons. The lowest BCUT2D eigenvalue weighted by Gasteiger charge is -2.10. The summed E-state index contributed by atoms with van der Waals surface area (Å²) in [5.74, 6) is -0.323. The van der Waals surface area contributed by atoms with Crippen molar-refractivity contribution in [1.82, 2.24) is 4.57 Å². The smallest absolute Gasteiger partial charge is 0.335 e. The van der Waals surface area contributed by atoms with Crippen LogP contribution in [0.4, 0.5) is 0 Å². The van der Waals surface area contributed by atoms with E-state index in [1.54, 1.807) is 0 Å². The largest absolute Gasteiger partial charge is 0.478 e. The molecule has 0 spiro atoms. The fourth-order valence-corrected chi connectivity index (χ4v) is 4.06. The van der Waals surface area contributed by atoms with Crippen molar-refractivity contribution in [3.8, 4) is 11.8 Å². The van der Waals surface area contributed by atoms with Gasteiger partial charge < -0.3 is 9.67 Å². The van der Waals surface area contributed by atoms with E-state index in [4.69, 9.17) is 5.26 Å². The summed E-state index contributed by atoms with van der Waals surface area (Å²) in [6, 6.07) is 23.9. The van der Waals surface area contributed by atoms with E-state index in [1.807, 2.05) is 42.6 Å². The van der Waals surface area contributed by atoms with Gasteiger partial charge in [0.1, 0.15) is 0 Å². The van der Waals surface area contributed by atoms with Gasteiger partial charge in [-0.15, -0.1) is 0 Å². The first kappa shape index (κ1) is 18.2. The molecule has 4 aromatic rings. The Hall–Kier alpha value is -3.84. The van der Waals surface area contributed by atoms with Crippen molar-refractivity contribution in [2.45, 2.75) is 25.2 Å². The monoisotopic (exact) mass is 392 g/mol. The third kappa shape index (κ3) is 3.35. The fourth-order valence-electron chi connectivity index (χ4n) is 4.06. The zero-order valence-corrected chi connectivity index (χ0v) is 16.4. The molecule has 0 atom stereocenters. The second-order valence-electron chi connectivity index (χ2n) is 7.91. The molecule has 3 aromatic carbocycles. The van der Waals surface area contributed by atoms with Crippen LogP contribution in [0.5, 0.6) is 0 Å². The molecule has 0 amide bonds. The number of rotatable bonds is 5. The first-order chi connectivity index (χ1) is 14.6. The maximum Gasteiger partial charge on any atom is 0.335 e. The highest BCUT2D eigenvalue weighted by atomic mass is 16.4. The number of carbonyl (C=O) groups is 1. The molecule has 1 aromatic heterocycles. The third-order valence-electron chi connectivity index (χ3n) is 5.84. The minimum absolute atomic E-state index is 0.412. The van der Waals surface area contributed by atoms with E-state index in [1.165, 1.54) is 0 Å². The van der Waals surface area contributed by atoms with E-state index < -0.39 is 5.97 Å². The quantitative estimate of drug-likeness (QED) is 0.476. The van der Waals surface area contributed by atoms with Crippen LogP contribution in [-0.4, -0.2) is 15.6 Å². The summed E-state index contributed by atoms with van der Waals surface area (Å²) in [6.45, 7) is 0. The Kier molecular flexibility index (Phi) is 4.37. The van der Waals surface area contributed by atoms with E-state index in [2.05, 4.69) is 41.0 Å². The second-order valence-corrected chi connectivity index (χ2v) is 7.91. The highest BCUT2D eigenvalue weighted by Gasteiger charge is 2.25. The van der Waals surface area contributed by atoms with Gasteiger partial charge in [-0.1, -0.05) is 18.2 Å². The SMILES string of the molecule is N#Cc1ccc(-n2ccc3cc(Cc4ccc(C5CC5)cc4C(=O)O)ccc32)cc1. The van der Waals surface area contributed by atoms with Gasteiger partial charge in [0.25, 0.3) is 0 Å². The van der Waals surface area contributed by atoms with E-state index in [9.17, 15) is 9.90 Å². The van der Waals surface area contributed by atoms with Gasteiger partial charge in [0, 0.05) is 17.3 Å². The average molecular weight is 392 g/mol. The predicted octanol–water partition coefficient (Wildman–Crippen LogP) is 5.67. The maximum atomic E-state index is 11.8. The van der Waals surface area contributed by atoms with Crippen molar-refractivity contribution >= 4 is 16.9 Å². The summed E-state index contributed by atoms with van der Waals surface area (Å²) in [4.78, 5) is 11.8. The van der Waals surface area contributed by atoms with Gasteiger partial charge in [0.2, 0.25) is 0 Å². The van der Waals surface area contributed by atoms with Crippen LogP contribution in [0.25, 0.3) is 16.6 Å². The third-order valence-corrected chi connectivity index (χ3v) is 5.84. The summed E-state index contributed by atoms with van der Waals surface area (Å²) in [6.07, 6.45) is 4.92. The van der Waals surface area contributed by atoms with Gasteiger partial charge in [-0.25, -0.2) is 4.79 Å². The molecule has 4 heteroatoms. The van der Waals surface area contributed by atoms with Gasteiger partial charge in [0.15, 0.2) is 0 Å². The van der Waals surface area contributed by atoms with E-state index in [0.29, 0.717) is 23.5 Å². The molecule has 1 N–H and O–H groups in total. The molecular formula is C26H20N2O2. The van der Waals surface area contributed by atoms with Gasteiger partial charge in [-0.2, -0.15) is 5.26 Å². The standard InChI is InChI=1S/C26H20N2O2/c27-16-17-1-8-23(9-2-17)28-12-11-22-14-18(3-10-25(22)28)13-21-7-6-20(19-4-5-19)15-24(21)26(29)30/h1-3,6-12,14-15,19H,4-5,13H2,(H,29,30). The molecule has 1 fully saturated rings. The summed E-state index contributed by atoms with van der Waals surface area (Å²) in [7, 11) is 0. The number of aromatic carboxylic acids is 1. The fraction of sp³-hybridized carbons (Fsp3) is 0.154. The summed E-state index contributed by atoms with van der Waals surface area (Å²) >= 11 is 0. The molecule has 1 aliphatic rings. The first-order valence-corrected chi connectivity index (χ1v) is 10.1. The van der Waals surface area contributed by atoms with Gasteiger partial charge >= 0.3 is 5.97 Å².